The fourth-order valence-electron chi connectivity index (χ4n) is 5.54. The van der Waals surface area contributed by atoms with Gasteiger partial charge in [0.1, 0.15) is 23.1 Å². The Hall–Kier alpha value is -8.65. The number of nitrogens with one attached hydrogen (secondary N) is 5. The molecule has 0 aliphatic rings. The van der Waals surface area contributed by atoms with Gasteiger partial charge in [0.25, 0.3) is 23.6 Å². The van der Waals surface area contributed by atoms with Crippen LogP contribution in [0.5, 0.6) is 23.0 Å². The summed E-state index contributed by atoms with van der Waals surface area (Å²) >= 11 is 0. The average molecular weight is 813 g/mol. The van der Waals surface area contributed by atoms with Crippen molar-refractivity contribution in [1.29, 1.82) is 5.26 Å². The van der Waals surface area contributed by atoms with E-state index >= 15 is 0 Å². The van der Waals surface area contributed by atoms with Crippen LogP contribution in [-0.4, -0.2) is 69.1 Å². The lowest BCUT2D eigenvalue weighted by Crippen LogP contribution is -2.43. The van der Waals surface area contributed by atoms with Crippen LogP contribution < -0.4 is 31.3 Å². The number of nitriles is 1. The summed E-state index contributed by atoms with van der Waals surface area (Å²) in [6, 6.07) is 24.5. The fourth-order valence-corrected chi connectivity index (χ4v) is 5.54. The van der Waals surface area contributed by atoms with Gasteiger partial charge in [-0.3, -0.25) is 24.0 Å². The molecule has 17 nitrogen and oxygen atoms in total. The van der Waals surface area contributed by atoms with Crippen molar-refractivity contribution in [3.63, 3.8) is 0 Å². The number of carboxylic acid groups (broad SMARTS) is 1. The molecule has 5 rings (SSSR count). The van der Waals surface area contributed by atoms with Crippen molar-refractivity contribution in [3.05, 3.63) is 137 Å². The van der Waals surface area contributed by atoms with Crippen LogP contribution in [0.15, 0.2) is 109 Å². The minimum absolute atomic E-state index is 0.0638. The molecule has 5 amide bonds. The number of phenolic OH excluding ortho intramolecular Hbond substituents is 2. The van der Waals surface area contributed by atoms with Crippen molar-refractivity contribution >= 4 is 64.3 Å². The van der Waals surface area contributed by atoms with Gasteiger partial charge in [0.15, 0.2) is 11.5 Å². The van der Waals surface area contributed by atoms with Gasteiger partial charge < -0.3 is 51.7 Å². The second kappa shape index (κ2) is 19.0. The number of benzene rings is 5. The number of phenols is 3. The van der Waals surface area contributed by atoms with Crippen LogP contribution in [0.1, 0.15) is 60.3 Å². The van der Waals surface area contributed by atoms with Gasteiger partial charge in [-0.15, -0.1) is 0 Å². The third-order valence-electron chi connectivity index (χ3n) is 8.69. The first kappa shape index (κ1) is 42.5. The number of carbonyl (C=O) groups is 6. The summed E-state index contributed by atoms with van der Waals surface area (Å²) in [5.41, 5.74) is 1.48. The largest absolute Gasteiger partial charge is 0.508 e. The van der Waals surface area contributed by atoms with E-state index in [4.69, 9.17) is 4.74 Å². The number of hydrogen-bond acceptors (Lipinski definition) is 11. The molecule has 0 radical (unpaired) electrons. The highest BCUT2D eigenvalue weighted by molar-refractivity contribution is 6.10. The lowest BCUT2D eigenvalue weighted by atomic mass is 10.1. The highest BCUT2D eigenvalue weighted by Gasteiger charge is 2.23. The Kier molecular flexibility index (Phi) is 13.5. The first-order valence-corrected chi connectivity index (χ1v) is 17.7. The van der Waals surface area contributed by atoms with Gasteiger partial charge in [-0.05, 0) is 103 Å². The maximum Gasteiger partial charge on any atom is 0.339 e. The van der Waals surface area contributed by atoms with Crippen molar-refractivity contribution < 1.29 is 53.9 Å². The number of carboxylic acids is 1. The number of aromatic hydroxyl groups is 3. The van der Waals surface area contributed by atoms with E-state index < -0.39 is 52.7 Å². The average Bonchev–Trinajstić information content (AvgIpc) is 3.22. The van der Waals surface area contributed by atoms with E-state index in [1.54, 1.807) is 25.1 Å². The number of aromatic carboxylic acids is 1. The van der Waals surface area contributed by atoms with Crippen LogP contribution >= 0.6 is 0 Å². The van der Waals surface area contributed by atoms with E-state index in [9.17, 15) is 54.5 Å². The molecule has 5 aromatic rings. The summed E-state index contributed by atoms with van der Waals surface area (Å²) in [6.45, 7) is 1.63. The highest BCUT2D eigenvalue weighted by Crippen LogP contribution is 2.38. The van der Waals surface area contributed by atoms with Gasteiger partial charge in [-0.1, -0.05) is 12.1 Å². The third-order valence-corrected chi connectivity index (χ3v) is 8.69. The Morgan fingerprint density at radius 1 is 0.700 bits per heavy atom. The summed E-state index contributed by atoms with van der Waals surface area (Å²) < 4.78 is 5.04. The van der Waals surface area contributed by atoms with Crippen LogP contribution in [0, 0.1) is 11.3 Å². The number of methoxy groups -OCH3 is 1. The number of hydrogen-bond donors (Lipinski definition) is 9. The second-order valence-corrected chi connectivity index (χ2v) is 12.9. The fraction of sp³-hybridized carbons (Fsp3) is 0.0930. The van der Waals surface area contributed by atoms with Crippen LogP contribution in [-0.2, 0) is 9.59 Å². The standard InChI is InChI=1S/C43H36N6O11/c1-23(21-24-3-14-30(50)15-4-24)38(53)45-27-9-7-26(8-10-27)40(55)49-34(19-20-44)42(57)46-28-11-5-25(6-12-28)39(54)47-29-13-16-31(35(51)22-29)41(56)48-33-18-17-32(43(58)59)36(52)37(33)60-2/h3-18,21-22,34,50-52H,19H2,1-2H3,(H,45,53)(H,46,57)(H,47,54)(H,48,56)(H,49,55)(H,58,59)/b23-21+. The van der Waals surface area contributed by atoms with E-state index in [1.165, 1.54) is 86.0 Å². The zero-order chi connectivity index (χ0) is 43.5. The minimum Gasteiger partial charge on any atom is -0.508 e. The Bertz CT molecular complexity index is 2550. The molecule has 1 atom stereocenters. The van der Waals surface area contributed by atoms with Crippen molar-refractivity contribution in [1.82, 2.24) is 5.32 Å². The van der Waals surface area contributed by atoms with Crippen LogP contribution in [0.4, 0.5) is 22.7 Å². The molecular formula is C43H36N6O11. The molecule has 0 spiro atoms. The topological polar surface area (TPSA) is 277 Å². The Labute approximate surface area is 341 Å². The van der Waals surface area contributed by atoms with Gasteiger partial charge >= 0.3 is 5.97 Å². The highest BCUT2D eigenvalue weighted by atomic mass is 16.5. The smallest absolute Gasteiger partial charge is 0.339 e. The predicted octanol–water partition coefficient (Wildman–Crippen LogP) is 5.71. The predicted molar refractivity (Wildman–Crippen MR) is 219 cm³/mol. The van der Waals surface area contributed by atoms with E-state index in [0.717, 1.165) is 17.7 Å². The Morgan fingerprint density at radius 2 is 1.28 bits per heavy atom. The third kappa shape index (κ3) is 10.6. The van der Waals surface area contributed by atoms with Crippen molar-refractivity contribution in [2.24, 2.45) is 0 Å². The number of ether oxygens (including phenoxy) is 1. The van der Waals surface area contributed by atoms with Crippen molar-refractivity contribution in [2.75, 3.05) is 28.4 Å². The summed E-state index contributed by atoms with van der Waals surface area (Å²) in [6.07, 6.45) is 1.29. The number of rotatable bonds is 14. The molecule has 0 fully saturated rings. The molecule has 5 aromatic carbocycles. The molecule has 60 heavy (non-hydrogen) atoms. The van der Waals surface area contributed by atoms with Crippen LogP contribution in [0.2, 0.25) is 0 Å². The van der Waals surface area contributed by atoms with E-state index in [1.807, 2.05) is 6.07 Å². The first-order valence-electron chi connectivity index (χ1n) is 17.7. The molecule has 1 unspecified atom stereocenters. The monoisotopic (exact) mass is 812 g/mol. The molecule has 0 aliphatic carbocycles. The van der Waals surface area contributed by atoms with Gasteiger partial charge in [0, 0.05) is 39.8 Å². The maximum absolute atomic E-state index is 13.1. The maximum atomic E-state index is 13.1. The SMILES string of the molecule is COc1c(NC(=O)c2ccc(NC(=O)c3ccc(NC(=O)C(CC#N)NC(=O)c4ccc(NC(=O)/C(C)=C/c5ccc(O)cc5)cc4)cc3)cc2O)ccc(C(=O)O)c1O. The van der Waals surface area contributed by atoms with Gasteiger partial charge in [-0.2, -0.15) is 5.26 Å². The molecule has 0 saturated heterocycles. The minimum atomic E-state index is -1.41. The molecule has 304 valence electrons. The molecule has 9 N–H and O–H groups in total. The first-order chi connectivity index (χ1) is 28.7. The number of anilines is 4. The zero-order valence-corrected chi connectivity index (χ0v) is 31.8. The quantitative estimate of drug-likeness (QED) is 0.0610. The number of nitrogens with zero attached hydrogens (tertiary/aromatic N) is 1. The molecule has 17 heteroatoms. The summed E-state index contributed by atoms with van der Waals surface area (Å²) in [5.74, 6) is -6.00. The zero-order valence-electron chi connectivity index (χ0n) is 31.8. The van der Waals surface area contributed by atoms with E-state index in [2.05, 4.69) is 26.6 Å². The summed E-state index contributed by atoms with van der Waals surface area (Å²) in [5, 5.41) is 61.6. The molecule has 0 aliphatic heterocycles. The van der Waals surface area contributed by atoms with Crippen LogP contribution in [0.3, 0.4) is 0 Å². The molecule has 0 heterocycles. The Balaban J connectivity index is 1.14. The van der Waals surface area contributed by atoms with E-state index in [-0.39, 0.29) is 57.6 Å². The van der Waals surface area contributed by atoms with E-state index in [0.29, 0.717) is 11.3 Å². The molecule has 0 bridgehead atoms. The lowest BCUT2D eigenvalue weighted by molar-refractivity contribution is -0.118. The summed E-state index contributed by atoms with van der Waals surface area (Å²) in [4.78, 5) is 75.9. The van der Waals surface area contributed by atoms with Gasteiger partial charge in [-0.25, -0.2) is 4.79 Å². The molecular weight excluding hydrogens is 777 g/mol. The van der Waals surface area contributed by atoms with Crippen molar-refractivity contribution in [3.8, 4) is 29.1 Å². The molecule has 0 saturated carbocycles. The van der Waals surface area contributed by atoms with Crippen molar-refractivity contribution in [2.45, 2.75) is 19.4 Å². The number of carbonyl (C=O) groups excluding carboxylic acids is 5. The van der Waals surface area contributed by atoms with Gasteiger partial charge in [0.05, 0.1) is 30.9 Å². The summed E-state index contributed by atoms with van der Waals surface area (Å²) in [7, 11) is 1.17. The normalized spacial score (nSPS) is 11.2. The van der Waals surface area contributed by atoms with Gasteiger partial charge in [0.2, 0.25) is 5.91 Å². The molecule has 0 aromatic heterocycles. The lowest BCUT2D eigenvalue weighted by Gasteiger charge is -2.16. The van der Waals surface area contributed by atoms with Crippen LogP contribution in [0.25, 0.3) is 6.08 Å². The Morgan fingerprint density at radius 3 is 1.87 bits per heavy atom. The second-order valence-electron chi connectivity index (χ2n) is 12.9. The number of amides is 5.